The molecule has 1 N–H and O–H groups in total. The number of carbonyl (C=O) groups excluding carboxylic acids is 1. The maximum Gasteiger partial charge on any atom is 0.234 e. The van der Waals surface area contributed by atoms with Gasteiger partial charge >= 0.3 is 0 Å². The second-order valence-electron chi connectivity index (χ2n) is 7.71. The molecule has 6 heteroatoms. The van der Waals surface area contributed by atoms with Crippen LogP contribution in [0.3, 0.4) is 0 Å². The lowest BCUT2D eigenvalue weighted by Crippen LogP contribution is -2.43. The van der Waals surface area contributed by atoms with Crippen molar-refractivity contribution in [3.05, 3.63) is 59.9 Å². The lowest BCUT2D eigenvalue weighted by Gasteiger charge is -2.32. The van der Waals surface area contributed by atoms with Crippen LogP contribution in [0.2, 0.25) is 0 Å². The predicted octanol–water partition coefficient (Wildman–Crippen LogP) is 3.04. The first-order valence-electron chi connectivity index (χ1n) is 10.2. The van der Waals surface area contributed by atoms with Gasteiger partial charge in [-0.1, -0.05) is 30.3 Å². The van der Waals surface area contributed by atoms with Gasteiger partial charge in [-0.25, -0.2) is 4.98 Å². The van der Waals surface area contributed by atoms with Crippen molar-refractivity contribution in [1.29, 1.82) is 0 Å². The molecule has 1 saturated heterocycles. The molecule has 1 amide bonds. The number of fused-ring (bicyclic) bond motifs is 1. The molecule has 2 heterocycles. The molecule has 4 rings (SSSR count). The monoisotopic (exact) mass is 392 g/mol. The highest BCUT2D eigenvalue weighted by Crippen LogP contribution is 2.22. The molecule has 0 unspecified atom stereocenters. The molecule has 0 aliphatic carbocycles. The zero-order valence-corrected chi connectivity index (χ0v) is 17.1. The van der Waals surface area contributed by atoms with E-state index in [-0.39, 0.29) is 12.0 Å². The van der Waals surface area contributed by atoms with Crippen molar-refractivity contribution in [3.63, 3.8) is 0 Å². The highest BCUT2D eigenvalue weighted by molar-refractivity contribution is 5.78. The minimum atomic E-state index is 0.0373. The van der Waals surface area contributed by atoms with E-state index in [0.717, 1.165) is 54.1 Å². The Morgan fingerprint density at radius 2 is 1.86 bits per heavy atom. The Morgan fingerprint density at radius 3 is 2.62 bits per heavy atom. The number of nitrogens with zero attached hydrogens (tertiary/aromatic N) is 3. The number of ether oxygens (including phenoxy) is 1. The summed E-state index contributed by atoms with van der Waals surface area (Å²) in [6, 6.07) is 16.1. The molecule has 3 aromatic rings. The number of hydrogen-bond donors (Lipinski definition) is 1. The molecular weight excluding hydrogens is 364 g/mol. The first-order chi connectivity index (χ1) is 14.1. The molecule has 1 aliphatic heterocycles. The van der Waals surface area contributed by atoms with Crippen LogP contribution in [-0.4, -0.2) is 46.1 Å². The lowest BCUT2D eigenvalue weighted by molar-refractivity contribution is -0.122. The van der Waals surface area contributed by atoms with Gasteiger partial charge in [0.1, 0.15) is 17.7 Å². The highest BCUT2D eigenvalue weighted by atomic mass is 16.5. The van der Waals surface area contributed by atoms with Crippen LogP contribution in [0.5, 0.6) is 5.75 Å². The predicted molar refractivity (Wildman–Crippen MR) is 114 cm³/mol. The highest BCUT2D eigenvalue weighted by Gasteiger charge is 2.22. The second-order valence-corrected chi connectivity index (χ2v) is 7.71. The molecule has 1 aromatic heterocycles. The number of rotatable bonds is 6. The van der Waals surface area contributed by atoms with Crippen molar-refractivity contribution in [2.24, 2.45) is 7.05 Å². The van der Waals surface area contributed by atoms with Crippen molar-refractivity contribution >= 4 is 16.9 Å². The number of imidazole rings is 1. The summed E-state index contributed by atoms with van der Waals surface area (Å²) in [7, 11) is 1.98. The number of aryl methyl sites for hydroxylation is 2. The largest absolute Gasteiger partial charge is 0.490 e. The summed E-state index contributed by atoms with van der Waals surface area (Å²) in [6.07, 6.45) is 2.09. The average Bonchev–Trinajstić information content (AvgIpc) is 3.06. The fourth-order valence-electron chi connectivity index (χ4n) is 3.84. The van der Waals surface area contributed by atoms with E-state index in [2.05, 4.69) is 28.2 Å². The Bertz CT molecular complexity index is 989. The van der Waals surface area contributed by atoms with Gasteiger partial charge in [0.25, 0.3) is 0 Å². The molecule has 152 valence electrons. The smallest absolute Gasteiger partial charge is 0.234 e. The fourth-order valence-corrected chi connectivity index (χ4v) is 3.84. The summed E-state index contributed by atoms with van der Waals surface area (Å²) >= 11 is 0. The van der Waals surface area contributed by atoms with Gasteiger partial charge in [-0.05, 0) is 43.5 Å². The number of nitrogens with one attached hydrogen (secondary N) is 1. The van der Waals surface area contributed by atoms with Crippen molar-refractivity contribution in [1.82, 2.24) is 19.8 Å². The van der Waals surface area contributed by atoms with Gasteiger partial charge in [-0.15, -0.1) is 0 Å². The van der Waals surface area contributed by atoms with Gasteiger partial charge in [0, 0.05) is 20.1 Å². The topological polar surface area (TPSA) is 59.4 Å². The maximum absolute atomic E-state index is 12.4. The van der Waals surface area contributed by atoms with Crippen LogP contribution >= 0.6 is 0 Å². The zero-order valence-electron chi connectivity index (χ0n) is 17.1. The van der Waals surface area contributed by atoms with E-state index in [9.17, 15) is 4.79 Å². The number of para-hydroxylation sites is 3. The summed E-state index contributed by atoms with van der Waals surface area (Å²) in [5, 5.41) is 3.01. The van der Waals surface area contributed by atoms with Gasteiger partial charge in [0.15, 0.2) is 0 Å². The van der Waals surface area contributed by atoms with Crippen molar-refractivity contribution in [3.8, 4) is 5.75 Å². The van der Waals surface area contributed by atoms with Crippen LogP contribution in [0.1, 0.15) is 24.2 Å². The van der Waals surface area contributed by atoms with Crippen LogP contribution in [0.15, 0.2) is 48.5 Å². The molecule has 0 bridgehead atoms. The molecule has 1 fully saturated rings. The summed E-state index contributed by atoms with van der Waals surface area (Å²) in [4.78, 5) is 19.2. The third-order valence-corrected chi connectivity index (χ3v) is 5.61. The maximum atomic E-state index is 12.4. The average molecular weight is 393 g/mol. The zero-order chi connectivity index (χ0) is 20.2. The van der Waals surface area contributed by atoms with Crippen molar-refractivity contribution in [2.45, 2.75) is 32.4 Å². The molecule has 0 radical (unpaired) electrons. The first-order valence-corrected chi connectivity index (χ1v) is 10.2. The normalized spacial score (nSPS) is 15.5. The van der Waals surface area contributed by atoms with Crippen molar-refractivity contribution in [2.75, 3.05) is 19.6 Å². The Kier molecular flexibility index (Phi) is 5.81. The minimum absolute atomic E-state index is 0.0373. The fraction of sp³-hybridized carbons (Fsp3) is 0.391. The Labute approximate surface area is 171 Å². The molecular formula is C23H28N4O2. The summed E-state index contributed by atoms with van der Waals surface area (Å²) in [5.41, 5.74) is 3.19. The van der Waals surface area contributed by atoms with Crippen LogP contribution < -0.4 is 10.1 Å². The van der Waals surface area contributed by atoms with E-state index >= 15 is 0 Å². The third-order valence-electron chi connectivity index (χ3n) is 5.61. The quantitative estimate of drug-likeness (QED) is 0.701. The molecule has 0 atom stereocenters. The standard InChI is InChI=1S/C23H28N4O2/c1-17-7-3-6-10-21(17)29-18-11-13-27(14-12-18)16-23(28)24-15-22-25-19-8-4-5-9-20(19)26(22)2/h3-10,18H,11-16H2,1-2H3,(H,24,28). The Morgan fingerprint density at radius 1 is 1.14 bits per heavy atom. The number of likely N-dealkylation sites (tertiary alicyclic amines) is 1. The van der Waals surface area contributed by atoms with E-state index < -0.39 is 0 Å². The van der Waals surface area contributed by atoms with Gasteiger partial charge in [-0.3, -0.25) is 9.69 Å². The summed E-state index contributed by atoms with van der Waals surface area (Å²) in [5.74, 6) is 1.87. The third kappa shape index (κ3) is 4.59. The lowest BCUT2D eigenvalue weighted by atomic mass is 10.1. The van der Waals surface area contributed by atoms with Gasteiger partial charge in [-0.2, -0.15) is 0 Å². The number of amides is 1. The summed E-state index contributed by atoms with van der Waals surface area (Å²) < 4.78 is 8.18. The van der Waals surface area contributed by atoms with Crippen LogP contribution in [0.25, 0.3) is 11.0 Å². The van der Waals surface area contributed by atoms with Crippen molar-refractivity contribution < 1.29 is 9.53 Å². The van der Waals surface area contributed by atoms with Gasteiger partial charge in [0.2, 0.25) is 5.91 Å². The molecule has 1 aliphatic rings. The first kappa shape index (κ1) is 19.5. The number of benzene rings is 2. The van der Waals surface area contributed by atoms with E-state index in [1.165, 1.54) is 0 Å². The molecule has 0 saturated carbocycles. The SMILES string of the molecule is Cc1ccccc1OC1CCN(CC(=O)NCc2nc3ccccc3n2C)CC1. The van der Waals surface area contributed by atoms with Gasteiger partial charge in [0.05, 0.1) is 24.1 Å². The van der Waals surface area contributed by atoms with E-state index in [1.807, 2.05) is 54.1 Å². The Hall–Kier alpha value is -2.86. The van der Waals surface area contributed by atoms with Crippen LogP contribution in [0, 0.1) is 6.92 Å². The number of piperidine rings is 1. The molecule has 2 aromatic carbocycles. The van der Waals surface area contributed by atoms with Crippen LogP contribution in [0.4, 0.5) is 0 Å². The number of aromatic nitrogens is 2. The number of carbonyl (C=O) groups is 1. The van der Waals surface area contributed by atoms with E-state index in [4.69, 9.17) is 4.74 Å². The van der Waals surface area contributed by atoms with Crippen LogP contribution in [-0.2, 0) is 18.4 Å². The minimum Gasteiger partial charge on any atom is -0.490 e. The second kappa shape index (κ2) is 8.66. The van der Waals surface area contributed by atoms with Gasteiger partial charge < -0.3 is 14.6 Å². The van der Waals surface area contributed by atoms with E-state index in [1.54, 1.807) is 0 Å². The molecule has 29 heavy (non-hydrogen) atoms. The Balaban J connectivity index is 1.23. The molecule has 0 spiro atoms. The number of hydrogen-bond acceptors (Lipinski definition) is 4. The summed E-state index contributed by atoms with van der Waals surface area (Å²) in [6.45, 7) is 4.67. The molecule has 6 nitrogen and oxygen atoms in total. The van der Waals surface area contributed by atoms with E-state index in [0.29, 0.717) is 13.1 Å².